The van der Waals surface area contributed by atoms with E-state index in [1.54, 1.807) is 0 Å². The van der Waals surface area contributed by atoms with E-state index in [4.69, 9.17) is 10.6 Å². The molecule has 4 nitrogen and oxygen atoms in total. The van der Waals surface area contributed by atoms with Crippen LogP contribution in [0.3, 0.4) is 0 Å². The van der Waals surface area contributed by atoms with Gasteiger partial charge in [-0.05, 0) is 13.3 Å². The second-order valence-electron chi connectivity index (χ2n) is 2.56. The molecule has 0 rings (SSSR count). The third kappa shape index (κ3) is 7.29. The molecule has 0 bridgehead atoms. The van der Waals surface area contributed by atoms with Crippen LogP contribution in [0.15, 0.2) is 0 Å². The lowest BCUT2D eigenvalue weighted by Gasteiger charge is -2.10. The second-order valence-corrected chi connectivity index (χ2v) is 2.56. The van der Waals surface area contributed by atoms with Crippen LogP contribution < -0.4 is 11.2 Å². The summed E-state index contributed by atoms with van der Waals surface area (Å²) in [5.41, 5.74) is 7.56. The van der Waals surface area contributed by atoms with Crippen molar-refractivity contribution in [2.24, 2.45) is 5.73 Å². The zero-order valence-corrected chi connectivity index (χ0v) is 7.09. The topological polar surface area (TPSA) is 64.3 Å². The maximum Gasteiger partial charge on any atom is 0.245 e. The average molecular weight is 160 g/mol. The average Bonchev–Trinajstić information content (AvgIpc) is 1.87. The minimum atomic E-state index is -0.457. The highest BCUT2D eigenvalue weighted by molar-refractivity contribution is 5.74. The Hall–Kier alpha value is -0.610. The molecule has 0 aromatic rings. The van der Waals surface area contributed by atoms with Crippen LogP contribution in [0.2, 0.25) is 0 Å². The first kappa shape index (κ1) is 10.4. The van der Waals surface area contributed by atoms with Crippen LogP contribution in [0.5, 0.6) is 0 Å². The van der Waals surface area contributed by atoms with Gasteiger partial charge in [0.1, 0.15) is 6.61 Å². The number of primary amides is 1. The molecule has 0 aliphatic carbocycles. The largest absolute Gasteiger partial charge is 0.368 e. The molecule has 0 saturated heterocycles. The van der Waals surface area contributed by atoms with Crippen molar-refractivity contribution >= 4 is 5.91 Å². The molecular weight excluding hydrogens is 144 g/mol. The summed E-state index contributed by atoms with van der Waals surface area (Å²) in [5, 5.41) is 0. The van der Waals surface area contributed by atoms with Gasteiger partial charge in [-0.15, -0.1) is 0 Å². The Morgan fingerprint density at radius 1 is 1.73 bits per heavy atom. The molecule has 0 aromatic heterocycles. The number of hydroxylamine groups is 1. The van der Waals surface area contributed by atoms with Crippen LogP contribution in [-0.2, 0) is 9.63 Å². The van der Waals surface area contributed by atoms with E-state index in [1.807, 2.05) is 6.92 Å². The molecule has 0 aliphatic heterocycles. The van der Waals surface area contributed by atoms with Crippen molar-refractivity contribution in [1.29, 1.82) is 0 Å². The van der Waals surface area contributed by atoms with Crippen LogP contribution in [0.1, 0.15) is 26.7 Å². The first-order valence-corrected chi connectivity index (χ1v) is 3.82. The summed E-state index contributed by atoms with van der Waals surface area (Å²) < 4.78 is 0. The zero-order chi connectivity index (χ0) is 8.69. The Balaban J connectivity index is 3.16. The minimum absolute atomic E-state index is 0.0615. The lowest BCUT2D eigenvalue weighted by atomic mass is 10.2. The predicted molar refractivity (Wildman–Crippen MR) is 42.7 cm³/mol. The highest BCUT2D eigenvalue weighted by atomic mass is 16.6. The molecule has 0 saturated carbocycles. The number of carbonyl (C=O) groups is 1. The van der Waals surface area contributed by atoms with E-state index in [0.29, 0.717) is 0 Å². The van der Waals surface area contributed by atoms with E-state index in [-0.39, 0.29) is 12.6 Å². The van der Waals surface area contributed by atoms with Gasteiger partial charge in [0.05, 0.1) is 0 Å². The summed E-state index contributed by atoms with van der Waals surface area (Å²) in [6.45, 7) is 4.02. The van der Waals surface area contributed by atoms with Crippen molar-refractivity contribution in [2.45, 2.75) is 32.7 Å². The summed E-state index contributed by atoms with van der Waals surface area (Å²) in [5.74, 6) is -0.457. The highest BCUT2D eigenvalue weighted by Gasteiger charge is 1.99. The number of hydrogen-bond acceptors (Lipinski definition) is 3. The molecule has 0 aromatic carbocycles. The van der Waals surface area contributed by atoms with Gasteiger partial charge in [-0.3, -0.25) is 9.63 Å². The van der Waals surface area contributed by atoms with Gasteiger partial charge in [0.15, 0.2) is 0 Å². The molecule has 0 aliphatic rings. The fourth-order valence-corrected chi connectivity index (χ4v) is 0.747. The fraction of sp³-hybridized carbons (Fsp3) is 0.857. The number of nitrogens with two attached hydrogens (primary N) is 1. The van der Waals surface area contributed by atoms with E-state index in [2.05, 4.69) is 12.4 Å². The van der Waals surface area contributed by atoms with Gasteiger partial charge in [0, 0.05) is 6.04 Å². The van der Waals surface area contributed by atoms with Crippen LogP contribution >= 0.6 is 0 Å². The molecule has 1 unspecified atom stereocenters. The lowest BCUT2D eigenvalue weighted by Crippen LogP contribution is -2.30. The number of hydrogen-bond donors (Lipinski definition) is 2. The highest BCUT2D eigenvalue weighted by Crippen LogP contribution is 1.93. The number of carbonyl (C=O) groups excluding carboxylic acids is 1. The Kier molecular flexibility index (Phi) is 5.78. The third-order valence-electron chi connectivity index (χ3n) is 1.22. The molecule has 4 heteroatoms. The maximum absolute atomic E-state index is 10.2. The van der Waals surface area contributed by atoms with E-state index in [0.717, 1.165) is 12.8 Å². The third-order valence-corrected chi connectivity index (χ3v) is 1.22. The summed E-state index contributed by atoms with van der Waals surface area (Å²) in [6, 6.07) is 0.277. The van der Waals surface area contributed by atoms with Gasteiger partial charge < -0.3 is 5.73 Å². The van der Waals surface area contributed by atoms with Crippen molar-refractivity contribution in [3.8, 4) is 0 Å². The van der Waals surface area contributed by atoms with Gasteiger partial charge in [-0.25, -0.2) is 0 Å². The van der Waals surface area contributed by atoms with Crippen molar-refractivity contribution in [2.75, 3.05) is 6.61 Å². The van der Waals surface area contributed by atoms with Crippen molar-refractivity contribution in [3.63, 3.8) is 0 Å². The lowest BCUT2D eigenvalue weighted by molar-refractivity contribution is -0.126. The first-order chi connectivity index (χ1) is 5.16. The molecule has 3 N–H and O–H groups in total. The number of nitrogens with one attached hydrogen (secondary N) is 1. The molecule has 0 spiro atoms. The molecule has 0 heterocycles. The van der Waals surface area contributed by atoms with E-state index in [9.17, 15) is 4.79 Å². The number of rotatable bonds is 6. The minimum Gasteiger partial charge on any atom is -0.368 e. The zero-order valence-electron chi connectivity index (χ0n) is 7.09. The molecular formula is C7H16N2O2. The van der Waals surface area contributed by atoms with E-state index in [1.165, 1.54) is 0 Å². The Labute approximate surface area is 67.0 Å². The molecule has 66 valence electrons. The summed E-state index contributed by atoms with van der Waals surface area (Å²) >= 11 is 0. The molecule has 1 amide bonds. The van der Waals surface area contributed by atoms with Crippen LogP contribution in [-0.4, -0.2) is 18.6 Å². The van der Waals surface area contributed by atoms with E-state index >= 15 is 0 Å². The number of amides is 1. The van der Waals surface area contributed by atoms with Crippen molar-refractivity contribution in [3.05, 3.63) is 0 Å². The Morgan fingerprint density at radius 3 is 2.82 bits per heavy atom. The molecule has 1 atom stereocenters. The Morgan fingerprint density at radius 2 is 2.36 bits per heavy atom. The van der Waals surface area contributed by atoms with Gasteiger partial charge in [-0.2, -0.15) is 5.48 Å². The van der Waals surface area contributed by atoms with Gasteiger partial charge >= 0.3 is 0 Å². The van der Waals surface area contributed by atoms with Crippen LogP contribution in [0.4, 0.5) is 0 Å². The Bertz CT molecular complexity index is 117. The quantitative estimate of drug-likeness (QED) is 0.545. The molecule has 0 radical (unpaired) electrons. The fourth-order valence-electron chi connectivity index (χ4n) is 0.747. The van der Waals surface area contributed by atoms with Gasteiger partial charge in [-0.1, -0.05) is 13.3 Å². The van der Waals surface area contributed by atoms with Gasteiger partial charge in [0.2, 0.25) is 5.91 Å². The van der Waals surface area contributed by atoms with Crippen LogP contribution in [0, 0.1) is 0 Å². The standard InChI is InChI=1S/C7H16N2O2/c1-3-4-6(2)9-11-5-7(8)10/h6,9H,3-5H2,1-2H3,(H2,8,10). The molecule has 11 heavy (non-hydrogen) atoms. The smallest absolute Gasteiger partial charge is 0.245 e. The molecule has 0 fully saturated rings. The second kappa shape index (κ2) is 6.12. The first-order valence-electron chi connectivity index (χ1n) is 3.82. The summed E-state index contributed by atoms with van der Waals surface area (Å²) in [6.07, 6.45) is 2.12. The van der Waals surface area contributed by atoms with Crippen molar-refractivity contribution in [1.82, 2.24) is 5.48 Å². The summed E-state index contributed by atoms with van der Waals surface area (Å²) in [4.78, 5) is 15.0. The SMILES string of the molecule is CCCC(C)NOCC(N)=O. The monoisotopic (exact) mass is 160 g/mol. The predicted octanol–water partition coefficient (Wildman–Crippen LogP) is 0.182. The normalized spacial score (nSPS) is 12.9. The van der Waals surface area contributed by atoms with Crippen LogP contribution in [0.25, 0.3) is 0 Å². The van der Waals surface area contributed by atoms with Gasteiger partial charge in [0.25, 0.3) is 0 Å². The summed E-state index contributed by atoms with van der Waals surface area (Å²) in [7, 11) is 0. The van der Waals surface area contributed by atoms with E-state index < -0.39 is 5.91 Å². The maximum atomic E-state index is 10.2. The van der Waals surface area contributed by atoms with Crippen molar-refractivity contribution < 1.29 is 9.63 Å².